The summed E-state index contributed by atoms with van der Waals surface area (Å²) in [7, 11) is 0. The van der Waals surface area contributed by atoms with Gasteiger partial charge in [0.15, 0.2) is 0 Å². The van der Waals surface area contributed by atoms with Crippen LogP contribution in [0.2, 0.25) is 0 Å². The number of nitrogens with zero attached hydrogens (tertiary/aromatic N) is 1. The maximum Gasteiger partial charge on any atom is 0.0602 e. The third-order valence-electron chi connectivity index (χ3n) is 4.93. The fraction of sp³-hybridized carbons (Fsp3) is 0.625. The Morgan fingerprint density at radius 2 is 1.89 bits per heavy atom. The second kappa shape index (κ2) is 4.83. The van der Waals surface area contributed by atoms with E-state index in [1.165, 1.54) is 56.4 Å². The molecule has 1 heterocycles. The first-order valence-corrected chi connectivity index (χ1v) is 7.36. The van der Waals surface area contributed by atoms with Gasteiger partial charge in [0, 0.05) is 13.1 Å². The highest BCUT2D eigenvalue weighted by atomic mass is 15.1. The van der Waals surface area contributed by atoms with Crippen LogP contribution in [-0.4, -0.2) is 13.1 Å². The summed E-state index contributed by atoms with van der Waals surface area (Å²) in [6, 6.07) is 6.42. The molecule has 2 N–H and O–H groups in total. The molecule has 2 unspecified atom stereocenters. The zero-order valence-corrected chi connectivity index (χ0v) is 11.4. The molecule has 1 saturated carbocycles. The Kier molecular flexibility index (Phi) is 3.19. The van der Waals surface area contributed by atoms with Gasteiger partial charge in [0.25, 0.3) is 0 Å². The Hall–Kier alpha value is -1.18. The van der Waals surface area contributed by atoms with Crippen LogP contribution in [0.25, 0.3) is 0 Å². The molecule has 0 aromatic heterocycles. The molecule has 1 saturated heterocycles. The van der Waals surface area contributed by atoms with Crippen LogP contribution in [0.1, 0.15) is 37.7 Å². The number of aryl methyl sites for hydroxylation is 1. The van der Waals surface area contributed by atoms with Crippen LogP contribution in [0.4, 0.5) is 11.4 Å². The number of rotatable bonds is 1. The fourth-order valence-corrected chi connectivity index (χ4v) is 3.76. The molecule has 3 rings (SSSR count). The van der Waals surface area contributed by atoms with Crippen molar-refractivity contribution in [3.05, 3.63) is 23.8 Å². The topological polar surface area (TPSA) is 29.3 Å². The zero-order valence-electron chi connectivity index (χ0n) is 11.4. The van der Waals surface area contributed by atoms with Gasteiger partial charge in [-0.3, -0.25) is 0 Å². The monoisotopic (exact) mass is 244 g/mol. The van der Waals surface area contributed by atoms with Crippen molar-refractivity contribution >= 4 is 11.4 Å². The van der Waals surface area contributed by atoms with Crippen molar-refractivity contribution in [1.82, 2.24) is 0 Å². The molecule has 2 aliphatic rings. The molecule has 1 aliphatic carbocycles. The van der Waals surface area contributed by atoms with Crippen LogP contribution < -0.4 is 10.6 Å². The maximum absolute atomic E-state index is 6.24. The van der Waals surface area contributed by atoms with E-state index in [2.05, 4.69) is 30.0 Å². The first kappa shape index (κ1) is 11.9. The van der Waals surface area contributed by atoms with Crippen molar-refractivity contribution in [3.8, 4) is 0 Å². The molecular weight excluding hydrogens is 220 g/mol. The highest BCUT2D eigenvalue weighted by molar-refractivity contribution is 5.71. The molecule has 0 spiro atoms. The quantitative estimate of drug-likeness (QED) is 0.765. The number of fused-ring (bicyclic) bond motifs is 1. The molecule has 0 bridgehead atoms. The largest absolute Gasteiger partial charge is 0.397 e. The van der Waals surface area contributed by atoms with Crippen molar-refractivity contribution in [2.75, 3.05) is 23.7 Å². The van der Waals surface area contributed by atoms with Crippen LogP contribution in [0.5, 0.6) is 0 Å². The molecular formula is C16H24N2. The second-order valence-corrected chi connectivity index (χ2v) is 6.05. The highest BCUT2D eigenvalue weighted by Gasteiger charge is 2.31. The molecule has 2 fully saturated rings. The molecule has 1 aliphatic heterocycles. The fourth-order valence-electron chi connectivity index (χ4n) is 3.76. The van der Waals surface area contributed by atoms with Crippen molar-refractivity contribution < 1.29 is 0 Å². The summed E-state index contributed by atoms with van der Waals surface area (Å²) in [4.78, 5) is 2.52. The van der Waals surface area contributed by atoms with Gasteiger partial charge >= 0.3 is 0 Å². The number of benzene rings is 1. The number of para-hydroxylation sites is 1. The molecule has 0 amide bonds. The smallest absolute Gasteiger partial charge is 0.0602 e. The van der Waals surface area contributed by atoms with E-state index < -0.39 is 0 Å². The van der Waals surface area contributed by atoms with Gasteiger partial charge in [-0.25, -0.2) is 0 Å². The molecule has 2 heteroatoms. The minimum atomic E-state index is 0.910. The minimum absolute atomic E-state index is 0.910. The SMILES string of the molecule is Cc1cccc(N2CCC3CCCCC3C2)c1N. The predicted octanol–water partition coefficient (Wildman–Crippen LogP) is 3.59. The number of hydrogen-bond donors (Lipinski definition) is 1. The van der Waals surface area contributed by atoms with Gasteiger partial charge in [-0.2, -0.15) is 0 Å². The number of anilines is 2. The summed E-state index contributed by atoms with van der Waals surface area (Å²) in [6.45, 7) is 4.51. The maximum atomic E-state index is 6.24. The van der Waals surface area contributed by atoms with Gasteiger partial charge in [0.1, 0.15) is 0 Å². The zero-order chi connectivity index (χ0) is 12.5. The Morgan fingerprint density at radius 1 is 1.11 bits per heavy atom. The summed E-state index contributed by atoms with van der Waals surface area (Å²) >= 11 is 0. The van der Waals surface area contributed by atoms with Crippen LogP contribution >= 0.6 is 0 Å². The number of piperidine rings is 1. The lowest BCUT2D eigenvalue weighted by atomic mass is 9.75. The van der Waals surface area contributed by atoms with E-state index in [-0.39, 0.29) is 0 Å². The van der Waals surface area contributed by atoms with Gasteiger partial charge in [-0.15, -0.1) is 0 Å². The van der Waals surface area contributed by atoms with Crippen LogP contribution in [0, 0.1) is 18.8 Å². The third-order valence-corrected chi connectivity index (χ3v) is 4.93. The van der Waals surface area contributed by atoms with E-state index in [1.807, 2.05) is 0 Å². The molecule has 18 heavy (non-hydrogen) atoms. The number of hydrogen-bond acceptors (Lipinski definition) is 2. The molecule has 2 nitrogen and oxygen atoms in total. The van der Waals surface area contributed by atoms with Gasteiger partial charge in [0.2, 0.25) is 0 Å². The number of nitrogen functional groups attached to an aromatic ring is 1. The highest BCUT2D eigenvalue weighted by Crippen LogP contribution is 2.39. The van der Waals surface area contributed by atoms with Gasteiger partial charge in [-0.1, -0.05) is 31.4 Å². The summed E-state index contributed by atoms with van der Waals surface area (Å²) in [5.74, 6) is 1.90. The van der Waals surface area contributed by atoms with Gasteiger partial charge in [0.05, 0.1) is 11.4 Å². The Labute approximate surface area is 110 Å². The summed E-state index contributed by atoms with van der Waals surface area (Å²) < 4.78 is 0. The van der Waals surface area contributed by atoms with E-state index in [0.29, 0.717) is 0 Å². The van der Waals surface area contributed by atoms with E-state index in [1.54, 1.807) is 0 Å². The second-order valence-electron chi connectivity index (χ2n) is 6.05. The molecule has 1 aromatic carbocycles. The van der Waals surface area contributed by atoms with Crippen LogP contribution in [-0.2, 0) is 0 Å². The van der Waals surface area contributed by atoms with Crippen molar-refractivity contribution in [2.45, 2.75) is 39.0 Å². The van der Waals surface area contributed by atoms with Crippen molar-refractivity contribution in [1.29, 1.82) is 0 Å². The summed E-state index contributed by atoms with van der Waals surface area (Å²) in [5.41, 5.74) is 9.69. The molecule has 98 valence electrons. The molecule has 1 aromatic rings. The summed E-state index contributed by atoms with van der Waals surface area (Å²) in [5, 5.41) is 0. The van der Waals surface area contributed by atoms with Gasteiger partial charge in [-0.05, 0) is 43.2 Å². The van der Waals surface area contributed by atoms with Gasteiger partial charge < -0.3 is 10.6 Å². The van der Waals surface area contributed by atoms with E-state index in [4.69, 9.17) is 5.73 Å². The van der Waals surface area contributed by atoms with Crippen LogP contribution in [0.15, 0.2) is 18.2 Å². The molecule has 0 radical (unpaired) electrons. The Balaban J connectivity index is 1.79. The lowest BCUT2D eigenvalue weighted by Gasteiger charge is -2.42. The Morgan fingerprint density at radius 3 is 2.72 bits per heavy atom. The van der Waals surface area contributed by atoms with E-state index in [0.717, 1.165) is 17.5 Å². The normalized spacial score (nSPS) is 27.9. The van der Waals surface area contributed by atoms with Crippen molar-refractivity contribution in [3.63, 3.8) is 0 Å². The number of nitrogens with two attached hydrogens (primary N) is 1. The predicted molar refractivity (Wildman–Crippen MR) is 77.9 cm³/mol. The average molecular weight is 244 g/mol. The van der Waals surface area contributed by atoms with Crippen molar-refractivity contribution in [2.24, 2.45) is 11.8 Å². The van der Waals surface area contributed by atoms with E-state index >= 15 is 0 Å². The molecule has 2 atom stereocenters. The van der Waals surface area contributed by atoms with Crippen LogP contribution in [0.3, 0.4) is 0 Å². The third kappa shape index (κ3) is 2.09. The average Bonchev–Trinajstić information content (AvgIpc) is 2.41. The standard InChI is InChI=1S/C16H24N2/c1-12-5-4-8-15(16(12)17)18-10-9-13-6-2-3-7-14(13)11-18/h4-5,8,13-14H,2-3,6-7,9-11,17H2,1H3. The first-order valence-electron chi connectivity index (χ1n) is 7.36. The lowest BCUT2D eigenvalue weighted by molar-refractivity contribution is 0.202. The summed E-state index contributed by atoms with van der Waals surface area (Å²) in [6.07, 6.45) is 7.12. The lowest BCUT2D eigenvalue weighted by Crippen LogP contribution is -2.42. The van der Waals surface area contributed by atoms with E-state index in [9.17, 15) is 0 Å². The Bertz CT molecular complexity index is 427. The first-order chi connectivity index (χ1) is 8.75. The minimum Gasteiger partial charge on any atom is -0.397 e.